The molecule has 25 heavy (non-hydrogen) atoms. The smallest absolute Gasteiger partial charge is 0.270 e. The highest BCUT2D eigenvalue weighted by Gasteiger charge is 2.42. The Hall–Kier alpha value is -1.93. The molecule has 2 aromatic rings. The molecule has 0 bridgehead atoms. The molecule has 1 amide bonds. The second-order valence-electron chi connectivity index (χ2n) is 6.19. The predicted octanol–water partition coefficient (Wildman–Crippen LogP) is 3.27. The van der Waals surface area contributed by atoms with Crippen LogP contribution in [0, 0.1) is 0 Å². The monoisotopic (exact) mass is 380 g/mol. The van der Waals surface area contributed by atoms with Crippen molar-refractivity contribution in [3.63, 3.8) is 0 Å². The SMILES string of the molecule is CS(=O)(=O)c1ccc(OC2(C(=O)Nc3nccs3)CCCCC2)cc1. The predicted molar refractivity (Wildman–Crippen MR) is 96.7 cm³/mol. The minimum absolute atomic E-state index is 0.200. The first kappa shape index (κ1) is 17.9. The number of sulfone groups is 1. The molecule has 1 fully saturated rings. The standard InChI is InChI=1S/C17H20N2O4S2/c1-25(21,22)14-7-5-13(6-8-14)23-17(9-3-2-4-10-17)15(20)19-16-18-11-12-24-16/h5-8,11-12H,2-4,9-10H2,1H3,(H,18,19,20). The summed E-state index contributed by atoms with van der Waals surface area (Å²) in [6, 6.07) is 6.20. The zero-order valence-electron chi connectivity index (χ0n) is 13.9. The van der Waals surface area contributed by atoms with Crippen molar-refractivity contribution in [2.24, 2.45) is 0 Å². The van der Waals surface area contributed by atoms with Crippen LogP contribution >= 0.6 is 11.3 Å². The van der Waals surface area contributed by atoms with Crippen LogP contribution in [-0.2, 0) is 14.6 Å². The van der Waals surface area contributed by atoms with E-state index in [-0.39, 0.29) is 10.8 Å². The van der Waals surface area contributed by atoms with Crippen molar-refractivity contribution in [3.8, 4) is 5.75 Å². The fraction of sp³-hybridized carbons (Fsp3) is 0.412. The Bertz CT molecular complexity index is 824. The molecule has 134 valence electrons. The molecule has 0 atom stereocenters. The number of carbonyl (C=O) groups excluding carboxylic acids is 1. The Morgan fingerprint density at radius 2 is 1.88 bits per heavy atom. The van der Waals surface area contributed by atoms with Gasteiger partial charge in [0.25, 0.3) is 5.91 Å². The lowest BCUT2D eigenvalue weighted by molar-refractivity contribution is -0.134. The van der Waals surface area contributed by atoms with Gasteiger partial charge in [0.15, 0.2) is 20.6 Å². The van der Waals surface area contributed by atoms with Crippen molar-refractivity contribution in [1.82, 2.24) is 4.98 Å². The third-order valence-corrected chi connectivity index (χ3v) is 6.11. The van der Waals surface area contributed by atoms with E-state index in [2.05, 4.69) is 10.3 Å². The molecular weight excluding hydrogens is 360 g/mol. The van der Waals surface area contributed by atoms with Gasteiger partial charge in [-0.3, -0.25) is 10.1 Å². The summed E-state index contributed by atoms with van der Waals surface area (Å²) in [5.41, 5.74) is -0.948. The van der Waals surface area contributed by atoms with Gasteiger partial charge in [0, 0.05) is 17.8 Å². The number of amides is 1. The zero-order valence-corrected chi connectivity index (χ0v) is 15.5. The van der Waals surface area contributed by atoms with Gasteiger partial charge in [0.1, 0.15) is 5.75 Å². The van der Waals surface area contributed by atoms with Gasteiger partial charge in [-0.1, -0.05) is 6.42 Å². The van der Waals surface area contributed by atoms with Gasteiger partial charge in [0.05, 0.1) is 4.90 Å². The summed E-state index contributed by atoms with van der Waals surface area (Å²) in [5.74, 6) is 0.290. The molecule has 0 unspecified atom stereocenters. The number of aromatic nitrogens is 1. The van der Waals surface area contributed by atoms with Crippen LogP contribution in [-0.4, -0.2) is 31.2 Å². The number of nitrogens with zero attached hydrogens (tertiary/aromatic N) is 1. The van der Waals surface area contributed by atoms with Crippen molar-refractivity contribution in [2.45, 2.75) is 42.6 Å². The minimum Gasteiger partial charge on any atom is -0.477 e. The van der Waals surface area contributed by atoms with Gasteiger partial charge in [0.2, 0.25) is 0 Å². The summed E-state index contributed by atoms with van der Waals surface area (Å²) in [4.78, 5) is 17.2. The molecular formula is C17H20N2O4S2. The Labute approximate surface area is 151 Å². The van der Waals surface area contributed by atoms with E-state index in [9.17, 15) is 13.2 Å². The molecule has 1 aromatic heterocycles. The number of hydrogen-bond acceptors (Lipinski definition) is 6. The molecule has 1 aromatic carbocycles. The van der Waals surface area contributed by atoms with Crippen LogP contribution in [0.25, 0.3) is 0 Å². The van der Waals surface area contributed by atoms with E-state index in [1.54, 1.807) is 23.7 Å². The largest absolute Gasteiger partial charge is 0.477 e. The van der Waals surface area contributed by atoms with Gasteiger partial charge >= 0.3 is 0 Å². The van der Waals surface area contributed by atoms with Crippen molar-refractivity contribution in [3.05, 3.63) is 35.8 Å². The highest BCUT2D eigenvalue weighted by atomic mass is 32.2. The molecule has 1 aliphatic rings. The number of thiazole rings is 1. The average Bonchev–Trinajstić information content (AvgIpc) is 3.08. The number of ether oxygens (including phenoxy) is 1. The average molecular weight is 380 g/mol. The van der Waals surface area contributed by atoms with Crippen LogP contribution < -0.4 is 10.1 Å². The topological polar surface area (TPSA) is 85.4 Å². The van der Waals surface area contributed by atoms with E-state index in [1.165, 1.54) is 23.5 Å². The number of anilines is 1. The highest BCUT2D eigenvalue weighted by molar-refractivity contribution is 7.90. The molecule has 8 heteroatoms. The lowest BCUT2D eigenvalue weighted by Crippen LogP contribution is -2.49. The van der Waals surface area contributed by atoms with Gasteiger partial charge in [-0.05, 0) is 49.9 Å². The first-order chi connectivity index (χ1) is 11.9. The number of benzene rings is 1. The first-order valence-corrected chi connectivity index (χ1v) is 10.9. The molecule has 1 saturated carbocycles. The normalized spacial score (nSPS) is 17.0. The maximum absolute atomic E-state index is 12.9. The van der Waals surface area contributed by atoms with E-state index >= 15 is 0 Å². The summed E-state index contributed by atoms with van der Waals surface area (Å²) in [7, 11) is -3.26. The third-order valence-electron chi connectivity index (χ3n) is 4.29. The number of rotatable bonds is 5. The lowest BCUT2D eigenvalue weighted by atomic mass is 9.83. The first-order valence-electron chi connectivity index (χ1n) is 8.09. The van der Waals surface area contributed by atoms with Crippen molar-refractivity contribution in [1.29, 1.82) is 0 Å². The van der Waals surface area contributed by atoms with Gasteiger partial charge < -0.3 is 4.74 Å². The summed E-state index contributed by atoms with van der Waals surface area (Å²) < 4.78 is 29.2. The van der Waals surface area contributed by atoms with Crippen molar-refractivity contribution < 1.29 is 17.9 Å². The Balaban J connectivity index is 1.82. The Kier molecular flexibility index (Phi) is 5.10. The Morgan fingerprint density at radius 1 is 1.20 bits per heavy atom. The summed E-state index contributed by atoms with van der Waals surface area (Å²) in [5, 5.41) is 5.18. The Morgan fingerprint density at radius 3 is 2.44 bits per heavy atom. The van der Waals surface area contributed by atoms with E-state index in [4.69, 9.17) is 4.74 Å². The van der Waals surface area contributed by atoms with Crippen molar-refractivity contribution >= 4 is 32.2 Å². The highest BCUT2D eigenvalue weighted by Crippen LogP contribution is 2.34. The number of hydrogen-bond donors (Lipinski definition) is 1. The van der Waals surface area contributed by atoms with Crippen molar-refractivity contribution in [2.75, 3.05) is 11.6 Å². The fourth-order valence-corrected chi connectivity index (χ4v) is 4.13. The van der Waals surface area contributed by atoms with E-state index < -0.39 is 15.4 Å². The van der Waals surface area contributed by atoms with E-state index in [0.717, 1.165) is 25.5 Å². The van der Waals surface area contributed by atoms with Crippen LogP contribution in [0.2, 0.25) is 0 Å². The van der Waals surface area contributed by atoms with Crippen LogP contribution in [0.4, 0.5) is 5.13 Å². The second-order valence-corrected chi connectivity index (χ2v) is 9.10. The van der Waals surface area contributed by atoms with Crippen LogP contribution in [0.1, 0.15) is 32.1 Å². The zero-order chi connectivity index (χ0) is 17.9. The van der Waals surface area contributed by atoms with Gasteiger partial charge in [-0.25, -0.2) is 13.4 Å². The molecule has 0 radical (unpaired) electrons. The molecule has 1 N–H and O–H groups in total. The van der Waals surface area contributed by atoms with Crippen LogP contribution in [0.5, 0.6) is 5.75 Å². The van der Waals surface area contributed by atoms with Crippen LogP contribution in [0.3, 0.4) is 0 Å². The summed E-state index contributed by atoms with van der Waals surface area (Å²) in [6.07, 6.45) is 6.93. The third kappa shape index (κ3) is 4.19. The molecule has 0 spiro atoms. The minimum atomic E-state index is -3.26. The lowest BCUT2D eigenvalue weighted by Gasteiger charge is -2.35. The molecule has 1 heterocycles. The fourth-order valence-electron chi connectivity index (χ4n) is 2.98. The second kappa shape index (κ2) is 7.13. The van der Waals surface area contributed by atoms with E-state index in [1.807, 2.05) is 0 Å². The summed E-state index contributed by atoms with van der Waals surface area (Å²) in [6.45, 7) is 0. The van der Waals surface area contributed by atoms with Gasteiger partial charge in [-0.15, -0.1) is 11.3 Å². The molecule has 0 aliphatic heterocycles. The number of nitrogens with one attached hydrogen (secondary N) is 1. The molecule has 0 saturated heterocycles. The molecule has 1 aliphatic carbocycles. The number of carbonyl (C=O) groups is 1. The quantitative estimate of drug-likeness (QED) is 0.860. The molecule has 3 rings (SSSR count). The maximum atomic E-state index is 12.9. The molecule has 6 nitrogen and oxygen atoms in total. The van der Waals surface area contributed by atoms with E-state index in [0.29, 0.717) is 23.7 Å². The maximum Gasteiger partial charge on any atom is 0.270 e. The van der Waals surface area contributed by atoms with Gasteiger partial charge in [-0.2, -0.15) is 0 Å². The van der Waals surface area contributed by atoms with Crippen LogP contribution in [0.15, 0.2) is 40.7 Å². The summed E-state index contributed by atoms with van der Waals surface area (Å²) >= 11 is 1.36.